The molecule has 1 aromatic carbocycles. The molecular weight excluding hydrogens is 340 g/mol. The molecule has 0 aliphatic heterocycles. The topological polar surface area (TPSA) is 60.3 Å². The number of ether oxygens (including phenoxy) is 1. The molecule has 0 saturated carbocycles. The number of carbonyl (C=O) groups is 2. The Balaban J connectivity index is 1.95. The number of amides is 1. The molecule has 5 nitrogen and oxygen atoms in total. The third kappa shape index (κ3) is 5.00. The van der Waals surface area contributed by atoms with Crippen LogP contribution in [-0.2, 0) is 23.0 Å². The van der Waals surface area contributed by atoms with Gasteiger partial charge in [0.05, 0.1) is 12.2 Å². The molecule has 1 amide bonds. The lowest BCUT2D eigenvalue weighted by Gasteiger charge is -2.13. The second kappa shape index (κ2) is 9.40. The predicted octanol–water partition coefficient (Wildman–Crippen LogP) is 3.67. The second-order valence-corrected chi connectivity index (χ2v) is 6.93. The maximum atomic E-state index is 12.3. The minimum atomic E-state index is -0.296. The summed E-state index contributed by atoms with van der Waals surface area (Å²) in [7, 11) is 1.93. The van der Waals surface area contributed by atoms with E-state index in [9.17, 15) is 9.59 Å². The molecular formula is C22H30N2O3. The molecule has 1 aromatic heterocycles. The van der Waals surface area contributed by atoms with Gasteiger partial charge in [0.15, 0.2) is 0 Å². The molecule has 0 bridgehead atoms. The van der Waals surface area contributed by atoms with Gasteiger partial charge in [0.1, 0.15) is 0 Å². The molecule has 0 radical (unpaired) electrons. The van der Waals surface area contributed by atoms with Crippen LogP contribution in [0.4, 0.5) is 0 Å². The van der Waals surface area contributed by atoms with Crippen molar-refractivity contribution in [2.75, 3.05) is 13.2 Å². The summed E-state index contributed by atoms with van der Waals surface area (Å²) in [5, 5.41) is 3.01. The summed E-state index contributed by atoms with van der Waals surface area (Å²) in [4.78, 5) is 24.5. The molecule has 0 fully saturated rings. The third-order valence-corrected chi connectivity index (χ3v) is 5.12. The monoisotopic (exact) mass is 370 g/mol. The van der Waals surface area contributed by atoms with Gasteiger partial charge in [-0.05, 0) is 44.2 Å². The Morgan fingerprint density at radius 1 is 1.19 bits per heavy atom. The number of aromatic nitrogens is 1. The molecule has 0 saturated heterocycles. The van der Waals surface area contributed by atoms with E-state index in [2.05, 4.69) is 24.4 Å². The van der Waals surface area contributed by atoms with Crippen LogP contribution in [0.5, 0.6) is 0 Å². The van der Waals surface area contributed by atoms with Crippen LogP contribution in [-0.4, -0.2) is 29.6 Å². The largest absolute Gasteiger partial charge is 0.462 e. The van der Waals surface area contributed by atoms with Crippen molar-refractivity contribution >= 4 is 11.9 Å². The van der Waals surface area contributed by atoms with Crippen LogP contribution >= 0.6 is 0 Å². The Morgan fingerprint density at radius 3 is 2.48 bits per heavy atom. The lowest BCUT2D eigenvalue weighted by Crippen LogP contribution is -2.27. The highest BCUT2D eigenvalue weighted by Gasteiger charge is 2.22. The molecule has 1 unspecified atom stereocenters. The van der Waals surface area contributed by atoms with Crippen molar-refractivity contribution in [1.82, 2.24) is 9.88 Å². The highest BCUT2D eigenvalue weighted by atomic mass is 16.5. The second-order valence-electron chi connectivity index (χ2n) is 6.93. The maximum Gasteiger partial charge on any atom is 0.340 e. The number of hydrogen-bond donors (Lipinski definition) is 1. The Morgan fingerprint density at radius 2 is 1.85 bits per heavy atom. The van der Waals surface area contributed by atoms with Crippen LogP contribution in [0.2, 0.25) is 0 Å². The molecule has 2 aromatic rings. The van der Waals surface area contributed by atoms with Crippen molar-refractivity contribution in [2.45, 2.75) is 46.5 Å². The van der Waals surface area contributed by atoms with Crippen LogP contribution in [0.1, 0.15) is 59.1 Å². The number of hydrogen-bond acceptors (Lipinski definition) is 3. The lowest BCUT2D eigenvalue weighted by atomic mass is 10.0. The molecule has 146 valence electrons. The Hall–Kier alpha value is -2.56. The van der Waals surface area contributed by atoms with Gasteiger partial charge in [0.25, 0.3) is 0 Å². The summed E-state index contributed by atoms with van der Waals surface area (Å²) >= 11 is 0. The summed E-state index contributed by atoms with van der Waals surface area (Å²) in [5.74, 6) is -0.00575. The van der Waals surface area contributed by atoms with Crippen LogP contribution in [0.15, 0.2) is 30.3 Å². The summed E-state index contributed by atoms with van der Waals surface area (Å²) in [6.07, 6.45) is 0.982. The zero-order valence-electron chi connectivity index (χ0n) is 17.0. The van der Waals surface area contributed by atoms with Crippen LogP contribution in [0, 0.1) is 13.8 Å². The van der Waals surface area contributed by atoms with Gasteiger partial charge in [-0.25, -0.2) is 4.79 Å². The third-order valence-electron chi connectivity index (χ3n) is 5.12. The van der Waals surface area contributed by atoms with Gasteiger partial charge >= 0.3 is 5.97 Å². The molecule has 0 aliphatic rings. The van der Waals surface area contributed by atoms with E-state index in [4.69, 9.17) is 4.74 Å². The number of nitrogens with one attached hydrogen (secondary N) is 1. The highest BCUT2D eigenvalue weighted by Crippen LogP contribution is 2.23. The number of carbonyl (C=O) groups excluding carboxylic acids is 2. The maximum absolute atomic E-state index is 12.3. The lowest BCUT2D eigenvalue weighted by molar-refractivity contribution is -0.121. The van der Waals surface area contributed by atoms with Gasteiger partial charge < -0.3 is 14.6 Å². The van der Waals surface area contributed by atoms with Crippen molar-refractivity contribution in [2.24, 2.45) is 7.05 Å². The van der Waals surface area contributed by atoms with Crippen molar-refractivity contribution in [3.8, 4) is 0 Å². The minimum Gasteiger partial charge on any atom is -0.462 e. The summed E-state index contributed by atoms with van der Waals surface area (Å²) in [6, 6.07) is 10.2. The molecule has 0 spiro atoms. The summed E-state index contributed by atoms with van der Waals surface area (Å²) in [6.45, 7) is 8.69. The zero-order chi connectivity index (χ0) is 20.0. The Labute approximate surface area is 161 Å². The first-order chi connectivity index (χ1) is 12.9. The molecule has 1 N–H and O–H groups in total. The fraction of sp³-hybridized carbons (Fsp3) is 0.455. The van der Waals surface area contributed by atoms with Crippen LogP contribution in [0.3, 0.4) is 0 Å². The van der Waals surface area contributed by atoms with E-state index < -0.39 is 0 Å². The van der Waals surface area contributed by atoms with E-state index in [1.165, 1.54) is 5.56 Å². The number of nitrogens with zero attached hydrogens (tertiary/aromatic N) is 1. The van der Waals surface area contributed by atoms with Gasteiger partial charge in [0.2, 0.25) is 5.91 Å². The van der Waals surface area contributed by atoms with Crippen molar-refractivity contribution < 1.29 is 14.3 Å². The Kier molecular flexibility index (Phi) is 7.22. The number of esters is 1. The zero-order valence-corrected chi connectivity index (χ0v) is 17.0. The van der Waals surface area contributed by atoms with Gasteiger partial charge in [0, 0.05) is 31.4 Å². The van der Waals surface area contributed by atoms with Gasteiger partial charge in [-0.2, -0.15) is 0 Å². The van der Waals surface area contributed by atoms with E-state index in [0.29, 0.717) is 31.6 Å². The predicted molar refractivity (Wildman–Crippen MR) is 107 cm³/mol. The quantitative estimate of drug-likeness (QED) is 0.721. The average molecular weight is 370 g/mol. The van der Waals surface area contributed by atoms with Gasteiger partial charge in [-0.15, -0.1) is 0 Å². The van der Waals surface area contributed by atoms with Crippen LogP contribution < -0.4 is 5.32 Å². The molecule has 1 heterocycles. The fourth-order valence-electron chi connectivity index (χ4n) is 3.38. The van der Waals surface area contributed by atoms with Crippen LogP contribution in [0.25, 0.3) is 0 Å². The summed E-state index contributed by atoms with van der Waals surface area (Å²) in [5.41, 5.74) is 4.61. The van der Waals surface area contributed by atoms with Gasteiger partial charge in [-0.3, -0.25) is 4.79 Å². The van der Waals surface area contributed by atoms with Crippen molar-refractivity contribution in [1.29, 1.82) is 0 Å². The Bertz CT molecular complexity index is 794. The first kappa shape index (κ1) is 20.7. The SMILES string of the molecule is CCOC(=O)c1c(C)c(CCC(=O)NCC(C)c2ccccc2)n(C)c1C. The molecule has 5 heteroatoms. The number of rotatable bonds is 8. The van der Waals surface area contributed by atoms with Crippen molar-refractivity contribution in [3.63, 3.8) is 0 Å². The van der Waals surface area contributed by atoms with Gasteiger partial charge in [-0.1, -0.05) is 37.3 Å². The van der Waals surface area contributed by atoms with Crippen molar-refractivity contribution in [3.05, 3.63) is 58.4 Å². The van der Waals surface area contributed by atoms with E-state index in [1.54, 1.807) is 6.92 Å². The minimum absolute atomic E-state index is 0.0220. The fourth-order valence-corrected chi connectivity index (χ4v) is 3.38. The number of benzene rings is 1. The van der Waals surface area contributed by atoms with E-state index in [-0.39, 0.29) is 17.8 Å². The highest BCUT2D eigenvalue weighted by molar-refractivity contribution is 5.93. The molecule has 2 rings (SSSR count). The standard InChI is InChI=1S/C22H30N2O3/c1-6-27-22(26)21-16(3)19(24(5)17(21)4)12-13-20(25)23-14-15(2)18-10-8-7-9-11-18/h7-11,15H,6,12-14H2,1-5H3,(H,23,25). The van der Waals surface area contributed by atoms with E-state index in [0.717, 1.165) is 17.0 Å². The molecule has 1 atom stereocenters. The first-order valence-electron chi connectivity index (χ1n) is 9.50. The molecule has 0 aliphatic carbocycles. The van der Waals surface area contributed by atoms with E-state index in [1.807, 2.05) is 43.7 Å². The van der Waals surface area contributed by atoms with E-state index >= 15 is 0 Å². The normalized spacial score (nSPS) is 11.9. The smallest absolute Gasteiger partial charge is 0.340 e. The summed E-state index contributed by atoms with van der Waals surface area (Å²) < 4.78 is 7.15. The first-order valence-corrected chi connectivity index (χ1v) is 9.50. The average Bonchev–Trinajstić information content (AvgIpc) is 2.87. The molecule has 27 heavy (non-hydrogen) atoms.